The van der Waals surface area contributed by atoms with Crippen LogP contribution in [0.5, 0.6) is 5.75 Å². The highest BCUT2D eigenvalue weighted by atomic mass is 127. The van der Waals surface area contributed by atoms with Crippen molar-refractivity contribution in [1.82, 2.24) is 0 Å². The third kappa shape index (κ3) is 4.10. The zero-order valence-electron chi connectivity index (χ0n) is 10.2. The molecule has 0 bridgehead atoms. The molecule has 0 amide bonds. The maximum atomic E-state index is 5.29. The van der Waals surface area contributed by atoms with Gasteiger partial charge in [0.15, 0.2) is 0 Å². The van der Waals surface area contributed by atoms with Gasteiger partial charge in [-0.3, -0.25) is 0 Å². The fraction of sp³-hybridized carbons (Fsp3) is 0.143. The van der Waals surface area contributed by atoms with Gasteiger partial charge in [0.25, 0.3) is 0 Å². The summed E-state index contributed by atoms with van der Waals surface area (Å²) in [5.41, 5.74) is 2.29. The smallest absolute Gasteiger partial charge is 0.147 e. The van der Waals surface area contributed by atoms with E-state index < -0.39 is 0 Å². The predicted molar refractivity (Wildman–Crippen MR) is 94.9 cm³/mol. The Balaban J connectivity index is 2.09. The van der Waals surface area contributed by atoms with E-state index in [2.05, 4.69) is 96.2 Å². The van der Waals surface area contributed by atoms with E-state index in [1.54, 1.807) is 7.11 Å². The Morgan fingerprint density at radius 2 is 1.68 bits per heavy atom. The van der Waals surface area contributed by atoms with Gasteiger partial charge in [0.05, 0.1) is 16.1 Å². The number of halogens is 3. The van der Waals surface area contributed by atoms with Crippen LogP contribution in [0, 0.1) is 3.57 Å². The SMILES string of the molecule is COc1c(Br)cc(CNc2ccc(I)cc2)cc1Br. The zero-order chi connectivity index (χ0) is 13.8. The van der Waals surface area contributed by atoms with Crippen LogP contribution in [0.3, 0.4) is 0 Å². The van der Waals surface area contributed by atoms with Gasteiger partial charge in [-0.25, -0.2) is 0 Å². The Morgan fingerprint density at radius 3 is 2.21 bits per heavy atom. The number of hydrogen-bond acceptors (Lipinski definition) is 2. The number of nitrogens with one attached hydrogen (secondary N) is 1. The van der Waals surface area contributed by atoms with Gasteiger partial charge in [-0.1, -0.05) is 0 Å². The van der Waals surface area contributed by atoms with Crippen LogP contribution in [-0.4, -0.2) is 7.11 Å². The van der Waals surface area contributed by atoms with E-state index in [0.29, 0.717) is 0 Å². The molecule has 19 heavy (non-hydrogen) atoms. The van der Waals surface area contributed by atoms with Crippen LogP contribution in [-0.2, 0) is 6.54 Å². The summed E-state index contributed by atoms with van der Waals surface area (Å²) in [7, 11) is 1.66. The summed E-state index contributed by atoms with van der Waals surface area (Å²) in [5.74, 6) is 0.818. The van der Waals surface area contributed by atoms with Crippen LogP contribution in [0.4, 0.5) is 5.69 Å². The van der Waals surface area contributed by atoms with Crippen molar-refractivity contribution in [2.75, 3.05) is 12.4 Å². The lowest BCUT2D eigenvalue weighted by Crippen LogP contribution is -2.00. The molecule has 0 aliphatic heterocycles. The van der Waals surface area contributed by atoms with Gasteiger partial charge in [0.2, 0.25) is 0 Å². The van der Waals surface area contributed by atoms with E-state index in [1.807, 2.05) is 0 Å². The van der Waals surface area contributed by atoms with E-state index in [4.69, 9.17) is 4.74 Å². The number of benzene rings is 2. The minimum Gasteiger partial charge on any atom is -0.494 e. The van der Waals surface area contributed by atoms with Gasteiger partial charge in [-0.2, -0.15) is 0 Å². The Labute approximate surface area is 143 Å². The number of rotatable bonds is 4. The van der Waals surface area contributed by atoms with Crippen LogP contribution in [0.1, 0.15) is 5.56 Å². The minimum atomic E-state index is 0.766. The van der Waals surface area contributed by atoms with Crippen molar-refractivity contribution in [3.05, 3.63) is 54.5 Å². The molecule has 2 aromatic rings. The monoisotopic (exact) mass is 495 g/mol. The second-order valence-electron chi connectivity index (χ2n) is 3.95. The summed E-state index contributed by atoms with van der Waals surface area (Å²) in [5, 5.41) is 3.39. The Hall–Kier alpha value is -0.270. The van der Waals surface area contributed by atoms with E-state index >= 15 is 0 Å². The highest BCUT2D eigenvalue weighted by molar-refractivity contribution is 14.1. The van der Waals surface area contributed by atoms with Crippen LogP contribution >= 0.6 is 54.5 Å². The van der Waals surface area contributed by atoms with Crippen molar-refractivity contribution in [3.8, 4) is 5.75 Å². The number of methoxy groups -OCH3 is 1. The average molecular weight is 497 g/mol. The van der Waals surface area contributed by atoms with Crippen LogP contribution in [0.25, 0.3) is 0 Å². The predicted octanol–water partition coefficient (Wildman–Crippen LogP) is 5.44. The molecule has 0 radical (unpaired) electrons. The fourth-order valence-electron chi connectivity index (χ4n) is 1.68. The summed E-state index contributed by atoms with van der Waals surface area (Å²) < 4.78 is 8.42. The van der Waals surface area contributed by atoms with Crippen LogP contribution in [0.2, 0.25) is 0 Å². The standard InChI is InChI=1S/C14H12Br2INO/c1-19-14-12(15)6-9(7-13(14)16)8-18-11-4-2-10(17)3-5-11/h2-7,18H,8H2,1H3. The van der Waals surface area contributed by atoms with Crippen molar-refractivity contribution in [2.24, 2.45) is 0 Å². The van der Waals surface area contributed by atoms with Gasteiger partial charge in [-0.05, 0) is 96.4 Å². The number of ether oxygens (including phenoxy) is 1. The molecule has 2 rings (SSSR count). The number of hydrogen-bond donors (Lipinski definition) is 1. The highest BCUT2D eigenvalue weighted by Crippen LogP contribution is 2.34. The average Bonchev–Trinajstić information content (AvgIpc) is 2.38. The first-order valence-electron chi connectivity index (χ1n) is 5.61. The second kappa shape index (κ2) is 6.95. The highest BCUT2D eigenvalue weighted by Gasteiger charge is 2.07. The fourth-order valence-corrected chi connectivity index (χ4v) is 3.65. The first kappa shape index (κ1) is 15.1. The molecule has 2 aromatic carbocycles. The summed E-state index contributed by atoms with van der Waals surface area (Å²) in [6.45, 7) is 0.766. The molecule has 0 aliphatic carbocycles. The van der Waals surface area contributed by atoms with Crippen molar-refractivity contribution >= 4 is 60.1 Å². The topological polar surface area (TPSA) is 21.3 Å². The second-order valence-corrected chi connectivity index (χ2v) is 6.91. The molecule has 0 aromatic heterocycles. The molecular weight excluding hydrogens is 485 g/mol. The lowest BCUT2D eigenvalue weighted by Gasteiger charge is -2.11. The summed E-state index contributed by atoms with van der Waals surface area (Å²) >= 11 is 9.32. The zero-order valence-corrected chi connectivity index (χ0v) is 15.5. The molecule has 1 N–H and O–H groups in total. The molecule has 0 saturated heterocycles. The maximum absolute atomic E-state index is 5.29. The third-order valence-corrected chi connectivity index (χ3v) is 4.50. The van der Waals surface area contributed by atoms with Crippen molar-refractivity contribution in [1.29, 1.82) is 0 Å². The molecular formula is C14H12Br2INO. The molecule has 0 atom stereocenters. The van der Waals surface area contributed by atoms with Crippen molar-refractivity contribution < 1.29 is 4.74 Å². The Kier molecular flexibility index (Phi) is 5.53. The number of anilines is 1. The van der Waals surface area contributed by atoms with Crippen LogP contribution < -0.4 is 10.1 Å². The normalized spacial score (nSPS) is 10.3. The van der Waals surface area contributed by atoms with E-state index in [0.717, 1.165) is 26.9 Å². The molecule has 0 heterocycles. The van der Waals surface area contributed by atoms with E-state index in [1.165, 1.54) is 9.13 Å². The Morgan fingerprint density at radius 1 is 1.11 bits per heavy atom. The van der Waals surface area contributed by atoms with Crippen LogP contribution in [0.15, 0.2) is 45.3 Å². The quantitative estimate of drug-likeness (QED) is 0.569. The molecule has 100 valence electrons. The third-order valence-electron chi connectivity index (χ3n) is 2.60. The minimum absolute atomic E-state index is 0.766. The molecule has 0 spiro atoms. The van der Waals surface area contributed by atoms with Gasteiger partial charge in [-0.15, -0.1) is 0 Å². The maximum Gasteiger partial charge on any atom is 0.147 e. The molecule has 0 fully saturated rings. The van der Waals surface area contributed by atoms with Gasteiger partial charge >= 0.3 is 0 Å². The lowest BCUT2D eigenvalue weighted by atomic mass is 10.2. The lowest BCUT2D eigenvalue weighted by molar-refractivity contribution is 0.409. The van der Waals surface area contributed by atoms with E-state index in [-0.39, 0.29) is 0 Å². The summed E-state index contributed by atoms with van der Waals surface area (Å²) in [6, 6.07) is 12.4. The first-order chi connectivity index (χ1) is 9.10. The van der Waals surface area contributed by atoms with Gasteiger partial charge in [0, 0.05) is 15.8 Å². The molecule has 0 unspecified atom stereocenters. The summed E-state index contributed by atoms with van der Waals surface area (Å²) in [6.07, 6.45) is 0. The van der Waals surface area contributed by atoms with E-state index in [9.17, 15) is 0 Å². The Bertz CT molecular complexity index is 549. The first-order valence-corrected chi connectivity index (χ1v) is 8.28. The molecule has 2 nitrogen and oxygen atoms in total. The largest absolute Gasteiger partial charge is 0.494 e. The van der Waals surface area contributed by atoms with Gasteiger partial charge in [0.1, 0.15) is 5.75 Å². The van der Waals surface area contributed by atoms with Gasteiger partial charge < -0.3 is 10.1 Å². The molecule has 0 aliphatic rings. The van der Waals surface area contributed by atoms with Crippen molar-refractivity contribution in [3.63, 3.8) is 0 Å². The molecule has 0 saturated carbocycles. The van der Waals surface area contributed by atoms with Crippen molar-refractivity contribution in [2.45, 2.75) is 6.54 Å². The molecule has 5 heteroatoms. The summed E-state index contributed by atoms with van der Waals surface area (Å²) in [4.78, 5) is 0.